The Morgan fingerprint density at radius 2 is 1.77 bits per heavy atom. The van der Waals surface area contributed by atoms with Gasteiger partial charge in [0.15, 0.2) is 0 Å². The molecular formula is C15H24Br3N3O. The van der Waals surface area contributed by atoms with Gasteiger partial charge < -0.3 is 4.90 Å². The van der Waals surface area contributed by atoms with Crippen molar-refractivity contribution in [3.8, 4) is 0 Å². The Balaban J connectivity index is 1.76. The summed E-state index contributed by atoms with van der Waals surface area (Å²) in [6.07, 6.45) is 2.01. The number of fused-ring (bicyclic) bond motifs is 1. The minimum Gasteiger partial charge on any atom is -0.304 e. The summed E-state index contributed by atoms with van der Waals surface area (Å²) in [4.78, 5) is 15.6. The van der Waals surface area contributed by atoms with Crippen LogP contribution in [-0.2, 0) is 4.79 Å². The fraction of sp³-hybridized carbons (Fsp3) is 0.933. The van der Waals surface area contributed by atoms with Gasteiger partial charge in [0, 0.05) is 36.4 Å². The van der Waals surface area contributed by atoms with Crippen LogP contribution in [0.3, 0.4) is 0 Å². The van der Waals surface area contributed by atoms with Crippen molar-refractivity contribution < 1.29 is 4.79 Å². The van der Waals surface area contributed by atoms with Crippen molar-refractivity contribution in [3.63, 3.8) is 0 Å². The Kier molecular flexibility index (Phi) is 4.56. The molecule has 4 fully saturated rings. The summed E-state index contributed by atoms with van der Waals surface area (Å²) < 4.78 is 0.221. The molecule has 0 aromatic rings. The number of rotatable bonds is 3. The third-order valence-electron chi connectivity index (χ3n) is 6.65. The first-order chi connectivity index (χ1) is 10.2. The summed E-state index contributed by atoms with van der Waals surface area (Å²) in [6.45, 7) is 8.30. The van der Waals surface area contributed by atoms with E-state index in [9.17, 15) is 4.79 Å². The lowest BCUT2D eigenvalue weighted by Gasteiger charge is -2.66. The Labute approximate surface area is 158 Å². The van der Waals surface area contributed by atoms with Gasteiger partial charge in [-0.15, -0.1) is 0 Å². The van der Waals surface area contributed by atoms with Crippen molar-refractivity contribution in [2.45, 2.75) is 35.3 Å². The smallest absolute Gasteiger partial charge is 0.242 e. The number of hydrazine groups is 1. The molecule has 3 atom stereocenters. The maximum atomic E-state index is 13.1. The van der Waals surface area contributed by atoms with Gasteiger partial charge >= 0.3 is 0 Å². The van der Waals surface area contributed by atoms with Crippen LogP contribution in [0.15, 0.2) is 0 Å². The Bertz CT molecular complexity index is 479. The number of nitrogens with zero attached hydrogens (tertiary/aromatic N) is 2. The van der Waals surface area contributed by atoms with Crippen LogP contribution in [0.5, 0.6) is 0 Å². The average molecular weight is 502 g/mol. The molecule has 1 saturated heterocycles. The van der Waals surface area contributed by atoms with Crippen LogP contribution in [0, 0.1) is 16.2 Å². The molecule has 1 amide bonds. The van der Waals surface area contributed by atoms with E-state index in [0.29, 0.717) is 0 Å². The van der Waals surface area contributed by atoms with Gasteiger partial charge in [0.2, 0.25) is 5.91 Å². The fourth-order valence-corrected chi connectivity index (χ4v) is 9.78. The second-order valence-corrected chi connectivity index (χ2v) is 11.5. The molecule has 7 heteroatoms. The number of amides is 1. The first kappa shape index (κ1) is 17.6. The maximum Gasteiger partial charge on any atom is 0.242 e. The van der Waals surface area contributed by atoms with Gasteiger partial charge in [0.25, 0.3) is 0 Å². The molecule has 4 nitrogen and oxygen atoms in total. The van der Waals surface area contributed by atoms with E-state index in [-0.39, 0.29) is 30.7 Å². The summed E-state index contributed by atoms with van der Waals surface area (Å²) in [7, 11) is 2.12. The largest absolute Gasteiger partial charge is 0.304 e. The zero-order chi connectivity index (χ0) is 16.3. The third-order valence-corrected chi connectivity index (χ3v) is 9.89. The van der Waals surface area contributed by atoms with Crippen LogP contribution in [-0.4, -0.2) is 57.6 Å². The number of halogens is 3. The van der Waals surface area contributed by atoms with Crippen LogP contribution in [0.2, 0.25) is 0 Å². The number of carbonyl (C=O) groups excluding carboxylic acids is 1. The van der Waals surface area contributed by atoms with Crippen LogP contribution in [0.1, 0.15) is 26.7 Å². The summed E-state index contributed by atoms with van der Waals surface area (Å²) in [5.41, 5.74) is 2.95. The van der Waals surface area contributed by atoms with Crippen LogP contribution in [0.4, 0.5) is 0 Å². The lowest BCUT2D eigenvalue weighted by Crippen LogP contribution is -2.73. The molecule has 0 aromatic carbocycles. The topological polar surface area (TPSA) is 35.6 Å². The van der Waals surface area contributed by atoms with E-state index in [4.69, 9.17) is 0 Å². The van der Waals surface area contributed by atoms with Gasteiger partial charge in [-0.25, -0.2) is 5.01 Å². The van der Waals surface area contributed by atoms with Crippen molar-refractivity contribution >= 4 is 53.7 Å². The van der Waals surface area contributed by atoms with Crippen LogP contribution < -0.4 is 5.43 Å². The highest BCUT2D eigenvalue weighted by Gasteiger charge is 2.83. The number of carbonyl (C=O) groups is 1. The fourth-order valence-electron chi connectivity index (χ4n) is 4.86. The SMILES string of the molecule is CN1CCN(NC(=O)C23CCC(C(Br)Br)(C2Br)C3(C)C)CC1. The summed E-state index contributed by atoms with van der Waals surface area (Å²) in [5.74, 6) is 0.192. The second kappa shape index (κ2) is 5.68. The molecule has 4 aliphatic rings. The number of piperazine rings is 1. The van der Waals surface area contributed by atoms with Gasteiger partial charge in [0.05, 0.1) is 9.15 Å². The molecule has 0 aromatic heterocycles. The van der Waals surface area contributed by atoms with E-state index in [2.05, 4.69) is 84.0 Å². The molecule has 0 spiro atoms. The van der Waals surface area contributed by atoms with Crippen molar-refractivity contribution in [1.29, 1.82) is 0 Å². The zero-order valence-electron chi connectivity index (χ0n) is 13.3. The Morgan fingerprint density at radius 3 is 2.23 bits per heavy atom. The molecule has 22 heavy (non-hydrogen) atoms. The number of hydrogen-bond acceptors (Lipinski definition) is 3. The normalized spacial score (nSPS) is 41.5. The second-order valence-electron chi connectivity index (χ2n) is 7.53. The standard InChI is InChI=1S/C15H24Br3N3O/c1-13(2)14(11(17)18)4-5-15(13,10(14)16)12(22)19-21-8-6-20(3)7-9-21/h10-11H,4-9H2,1-3H3,(H,19,22). The van der Waals surface area contributed by atoms with E-state index >= 15 is 0 Å². The number of alkyl halides is 3. The highest BCUT2D eigenvalue weighted by Crippen LogP contribution is 2.82. The molecule has 4 rings (SSSR count). The lowest BCUT2D eigenvalue weighted by atomic mass is 9.43. The molecular weight excluding hydrogens is 478 g/mol. The molecule has 3 aliphatic carbocycles. The molecule has 2 bridgehead atoms. The molecule has 1 heterocycles. The van der Waals surface area contributed by atoms with Crippen molar-refractivity contribution in [2.24, 2.45) is 16.2 Å². The lowest BCUT2D eigenvalue weighted by molar-refractivity contribution is -0.167. The van der Waals surface area contributed by atoms with Crippen molar-refractivity contribution in [2.75, 3.05) is 33.2 Å². The quantitative estimate of drug-likeness (QED) is 0.604. The third kappa shape index (κ3) is 2.01. The average Bonchev–Trinajstić information content (AvgIpc) is 2.91. The van der Waals surface area contributed by atoms with Crippen LogP contribution >= 0.6 is 47.8 Å². The zero-order valence-corrected chi connectivity index (χ0v) is 18.1. The first-order valence-electron chi connectivity index (χ1n) is 7.87. The summed E-state index contributed by atoms with van der Waals surface area (Å²) in [6, 6.07) is 0. The van der Waals surface area contributed by atoms with E-state index in [0.717, 1.165) is 39.0 Å². The van der Waals surface area contributed by atoms with Gasteiger partial charge in [-0.2, -0.15) is 0 Å². The van der Waals surface area contributed by atoms with Gasteiger partial charge in [-0.1, -0.05) is 61.6 Å². The predicted octanol–water partition coefficient (Wildman–Crippen LogP) is 2.95. The van der Waals surface area contributed by atoms with Crippen molar-refractivity contribution in [3.05, 3.63) is 0 Å². The number of likely N-dealkylation sites (N-methyl/N-ethyl adjacent to an activating group) is 1. The number of nitrogens with one attached hydrogen (secondary N) is 1. The Hall–Kier alpha value is 0.830. The van der Waals surface area contributed by atoms with Crippen molar-refractivity contribution in [1.82, 2.24) is 15.3 Å². The van der Waals surface area contributed by atoms with E-state index in [1.165, 1.54) is 0 Å². The minimum absolute atomic E-state index is 0.0392. The molecule has 3 unspecified atom stereocenters. The minimum atomic E-state index is -0.309. The first-order valence-corrected chi connectivity index (χ1v) is 10.6. The predicted molar refractivity (Wildman–Crippen MR) is 99.5 cm³/mol. The monoisotopic (exact) mass is 499 g/mol. The van der Waals surface area contributed by atoms with E-state index in [1.54, 1.807) is 0 Å². The molecule has 1 N–H and O–H groups in total. The molecule has 0 radical (unpaired) electrons. The van der Waals surface area contributed by atoms with Gasteiger partial charge in [-0.05, 0) is 25.3 Å². The van der Waals surface area contributed by atoms with E-state index in [1.807, 2.05) is 0 Å². The molecule has 3 saturated carbocycles. The highest BCUT2D eigenvalue weighted by molar-refractivity contribution is 9.24. The Morgan fingerprint density at radius 1 is 1.18 bits per heavy atom. The van der Waals surface area contributed by atoms with Gasteiger partial charge in [-0.3, -0.25) is 10.2 Å². The molecule has 1 aliphatic heterocycles. The number of hydrogen-bond donors (Lipinski definition) is 1. The summed E-state index contributed by atoms with van der Waals surface area (Å²) >= 11 is 11.3. The summed E-state index contributed by atoms with van der Waals surface area (Å²) in [5, 5.41) is 2.09. The molecule has 126 valence electrons. The maximum absolute atomic E-state index is 13.1. The van der Waals surface area contributed by atoms with Gasteiger partial charge in [0.1, 0.15) is 0 Å². The van der Waals surface area contributed by atoms with E-state index < -0.39 is 0 Å². The van der Waals surface area contributed by atoms with Crippen LogP contribution in [0.25, 0.3) is 0 Å². The highest BCUT2D eigenvalue weighted by atomic mass is 79.9.